The first kappa shape index (κ1) is 12.6. The van der Waals surface area contributed by atoms with Gasteiger partial charge in [0.1, 0.15) is 0 Å². The van der Waals surface area contributed by atoms with E-state index < -0.39 is 10.5 Å². The Kier molecular flexibility index (Phi) is 2.90. The fourth-order valence-corrected chi connectivity index (χ4v) is 2.40. The lowest BCUT2D eigenvalue weighted by atomic mass is 10.2. The molecule has 0 N–H and O–H groups in total. The van der Waals surface area contributed by atoms with Crippen LogP contribution in [-0.2, 0) is 0 Å². The molecule has 1 aromatic heterocycles. The van der Waals surface area contributed by atoms with Crippen LogP contribution in [0.4, 0.5) is 5.69 Å². The first-order chi connectivity index (χ1) is 9.59. The van der Waals surface area contributed by atoms with Crippen LogP contribution in [0.1, 0.15) is 0 Å². The van der Waals surface area contributed by atoms with Gasteiger partial charge in [-0.1, -0.05) is 18.2 Å². The molecule has 0 aliphatic heterocycles. The number of rotatable bonds is 2. The lowest BCUT2D eigenvalue weighted by Crippen LogP contribution is -2.12. The molecule has 0 aliphatic carbocycles. The van der Waals surface area contributed by atoms with Crippen LogP contribution in [0.25, 0.3) is 16.7 Å². The van der Waals surface area contributed by atoms with Crippen LogP contribution in [0.3, 0.4) is 0 Å². The maximum atomic E-state index is 12.3. The van der Waals surface area contributed by atoms with Crippen molar-refractivity contribution in [2.24, 2.45) is 0 Å². The summed E-state index contributed by atoms with van der Waals surface area (Å²) < 4.78 is 7.09. The van der Waals surface area contributed by atoms with Gasteiger partial charge in [-0.2, -0.15) is 0 Å². The Bertz CT molecular complexity index is 881. The van der Waals surface area contributed by atoms with E-state index in [2.05, 4.69) is 15.9 Å². The highest BCUT2D eigenvalue weighted by Gasteiger charge is 2.21. The second kappa shape index (κ2) is 4.61. The minimum atomic E-state index is -0.574. The number of fused-ring (bicyclic) bond motifs is 1. The van der Waals surface area contributed by atoms with Crippen LogP contribution in [0, 0.1) is 10.1 Å². The van der Waals surface area contributed by atoms with E-state index in [1.165, 1.54) is 18.2 Å². The molecule has 0 bridgehead atoms. The Hall–Kier alpha value is -2.41. The lowest BCUT2D eigenvalue weighted by Gasteiger charge is -2.01. The zero-order valence-electron chi connectivity index (χ0n) is 9.95. The number of nitro benzene ring substituents is 1. The number of aromatic nitrogens is 1. The summed E-state index contributed by atoms with van der Waals surface area (Å²) >= 11 is 3.32. The Morgan fingerprint density at radius 1 is 1.15 bits per heavy atom. The Balaban J connectivity index is 2.38. The minimum absolute atomic E-state index is 0.0294. The summed E-state index contributed by atoms with van der Waals surface area (Å²) in [5, 5.41) is 11.1. The molecule has 20 heavy (non-hydrogen) atoms. The van der Waals surface area contributed by atoms with E-state index in [4.69, 9.17) is 4.52 Å². The summed E-state index contributed by atoms with van der Waals surface area (Å²) in [6.07, 6.45) is 0. The quantitative estimate of drug-likeness (QED) is 0.532. The maximum absolute atomic E-state index is 12.3. The third kappa shape index (κ3) is 1.83. The SMILES string of the molecule is O=c1c2cccc([N+](=O)[O-])c2on1-c1ccccc1Br. The molecule has 0 atom stereocenters. The van der Waals surface area contributed by atoms with Crippen molar-refractivity contribution in [1.82, 2.24) is 4.74 Å². The van der Waals surface area contributed by atoms with Crippen molar-refractivity contribution in [2.75, 3.05) is 0 Å². The summed E-state index contributed by atoms with van der Waals surface area (Å²) in [4.78, 5) is 22.7. The predicted octanol–water partition coefficient (Wildman–Crippen LogP) is 3.25. The first-order valence-corrected chi connectivity index (χ1v) is 6.43. The minimum Gasteiger partial charge on any atom is -0.363 e. The second-order valence-corrected chi connectivity index (χ2v) is 4.91. The Labute approximate surface area is 120 Å². The normalized spacial score (nSPS) is 10.8. The third-order valence-electron chi connectivity index (χ3n) is 2.86. The van der Waals surface area contributed by atoms with Gasteiger partial charge in [0, 0.05) is 10.5 Å². The van der Waals surface area contributed by atoms with E-state index in [1.807, 2.05) is 0 Å². The molecule has 6 nitrogen and oxygen atoms in total. The molecule has 7 heteroatoms. The van der Waals surface area contributed by atoms with Crippen LogP contribution in [-0.4, -0.2) is 9.66 Å². The van der Waals surface area contributed by atoms with Crippen LogP contribution in [0.5, 0.6) is 0 Å². The van der Waals surface area contributed by atoms with E-state index in [1.54, 1.807) is 24.3 Å². The fourth-order valence-electron chi connectivity index (χ4n) is 1.95. The molecule has 3 aromatic rings. The molecule has 0 amide bonds. The van der Waals surface area contributed by atoms with Crippen LogP contribution < -0.4 is 5.56 Å². The average Bonchev–Trinajstić information content (AvgIpc) is 2.76. The number of hydrogen-bond acceptors (Lipinski definition) is 4. The van der Waals surface area contributed by atoms with Crippen molar-refractivity contribution >= 4 is 32.6 Å². The summed E-state index contributed by atoms with van der Waals surface area (Å²) in [5.74, 6) is 0. The van der Waals surface area contributed by atoms with Gasteiger partial charge in [-0.15, -0.1) is 4.74 Å². The molecule has 0 aliphatic rings. The number of hydrogen-bond donors (Lipinski definition) is 0. The molecule has 2 aromatic carbocycles. The Morgan fingerprint density at radius 2 is 1.90 bits per heavy atom. The topological polar surface area (TPSA) is 78.3 Å². The van der Waals surface area contributed by atoms with Gasteiger partial charge in [0.25, 0.3) is 5.56 Å². The third-order valence-corrected chi connectivity index (χ3v) is 3.53. The van der Waals surface area contributed by atoms with Gasteiger partial charge in [0.15, 0.2) is 0 Å². The summed E-state index contributed by atoms with van der Waals surface area (Å²) in [6, 6.07) is 11.2. The van der Waals surface area contributed by atoms with Gasteiger partial charge >= 0.3 is 5.69 Å². The number of benzene rings is 2. The highest BCUT2D eigenvalue weighted by Crippen LogP contribution is 2.26. The zero-order chi connectivity index (χ0) is 14.3. The van der Waals surface area contributed by atoms with Crippen molar-refractivity contribution < 1.29 is 9.45 Å². The second-order valence-electron chi connectivity index (χ2n) is 4.05. The molecule has 0 spiro atoms. The van der Waals surface area contributed by atoms with Crippen LogP contribution in [0.15, 0.2) is 56.3 Å². The van der Waals surface area contributed by atoms with Crippen molar-refractivity contribution in [3.8, 4) is 5.69 Å². The highest BCUT2D eigenvalue weighted by molar-refractivity contribution is 9.10. The first-order valence-electron chi connectivity index (χ1n) is 5.64. The monoisotopic (exact) mass is 334 g/mol. The van der Waals surface area contributed by atoms with Gasteiger partial charge < -0.3 is 4.52 Å². The summed E-state index contributed by atoms with van der Waals surface area (Å²) in [6.45, 7) is 0. The molecule has 0 saturated heterocycles. The number of non-ortho nitro benzene ring substituents is 1. The molecular formula is C13H7BrN2O4. The van der Waals surface area contributed by atoms with E-state index in [0.717, 1.165) is 4.74 Å². The van der Waals surface area contributed by atoms with Crippen molar-refractivity contribution in [3.63, 3.8) is 0 Å². The largest absolute Gasteiger partial charge is 0.363 e. The summed E-state index contributed by atoms with van der Waals surface area (Å²) in [7, 11) is 0. The van der Waals surface area contributed by atoms with Gasteiger partial charge in [0.2, 0.25) is 5.58 Å². The number of nitro groups is 1. The molecule has 0 unspecified atom stereocenters. The maximum Gasteiger partial charge on any atom is 0.315 e. The van der Waals surface area contributed by atoms with E-state index in [0.29, 0.717) is 10.2 Å². The molecule has 0 fully saturated rings. The van der Waals surface area contributed by atoms with Gasteiger partial charge in [-0.3, -0.25) is 14.9 Å². The van der Waals surface area contributed by atoms with E-state index >= 15 is 0 Å². The Morgan fingerprint density at radius 3 is 2.60 bits per heavy atom. The van der Waals surface area contributed by atoms with E-state index in [9.17, 15) is 14.9 Å². The molecule has 0 saturated carbocycles. The number of halogens is 1. The molecule has 3 rings (SSSR count). The fraction of sp³-hybridized carbons (Fsp3) is 0. The number of nitrogens with zero attached hydrogens (tertiary/aromatic N) is 2. The van der Waals surface area contributed by atoms with Crippen LogP contribution in [0.2, 0.25) is 0 Å². The lowest BCUT2D eigenvalue weighted by molar-refractivity contribution is -0.383. The standard InChI is InChI=1S/C13H7BrN2O4/c14-9-5-1-2-6-10(9)15-13(17)8-4-3-7-11(16(18)19)12(8)20-15/h1-7H. The van der Waals surface area contributed by atoms with Crippen molar-refractivity contribution in [2.45, 2.75) is 0 Å². The molecule has 1 heterocycles. The van der Waals surface area contributed by atoms with E-state index in [-0.39, 0.29) is 16.7 Å². The van der Waals surface area contributed by atoms with Crippen molar-refractivity contribution in [1.29, 1.82) is 0 Å². The highest BCUT2D eigenvalue weighted by atomic mass is 79.9. The van der Waals surface area contributed by atoms with Crippen molar-refractivity contribution in [3.05, 3.63) is 67.4 Å². The predicted molar refractivity (Wildman–Crippen MR) is 76.2 cm³/mol. The zero-order valence-corrected chi connectivity index (χ0v) is 11.5. The van der Waals surface area contributed by atoms with Gasteiger partial charge in [0.05, 0.1) is 16.0 Å². The number of para-hydroxylation sites is 2. The average molecular weight is 335 g/mol. The summed E-state index contributed by atoms with van der Waals surface area (Å²) in [5.41, 5.74) is -0.206. The van der Waals surface area contributed by atoms with Crippen LogP contribution >= 0.6 is 15.9 Å². The van der Waals surface area contributed by atoms with Gasteiger partial charge in [-0.05, 0) is 34.1 Å². The molecule has 100 valence electrons. The molecule has 0 radical (unpaired) electrons. The smallest absolute Gasteiger partial charge is 0.315 e. The molecular weight excluding hydrogens is 328 g/mol. The van der Waals surface area contributed by atoms with Gasteiger partial charge in [-0.25, -0.2) is 0 Å².